The van der Waals surface area contributed by atoms with E-state index in [1.165, 1.54) is 22.5 Å². The van der Waals surface area contributed by atoms with Crippen molar-refractivity contribution in [3.8, 4) is 0 Å². The highest BCUT2D eigenvalue weighted by Crippen LogP contribution is 2.19. The van der Waals surface area contributed by atoms with Crippen LogP contribution in [-0.2, 0) is 4.79 Å². The maximum absolute atomic E-state index is 11.4. The van der Waals surface area contributed by atoms with Crippen LogP contribution in [0.1, 0.15) is 19.4 Å². The minimum atomic E-state index is -0.0973. The van der Waals surface area contributed by atoms with Gasteiger partial charge in [-0.15, -0.1) is 5.10 Å². The van der Waals surface area contributed by atoms with Crippen molar-refractivity contribution < 1.29 is 4.79 Å². The van der Waals surface area contributed by atoms with Crippen LogP contribution >= 0.6 is 11.8 Å². The zero-order valence-electron chi connectivity index (χ0n) is 11.8. The lowest BCUT2D eigenvalue weighted by Gasteiger charge is -2.02. The van der Waals surface area contributed by atoms with Crippen LogP contribution in [0, 0.1) is 0 Å². The lowest BCUT2D eigenvalue weighted by atomic mass is 10.0. The van der Waals surface area contributed by atoms with Crippen LogP contribution in [0.5, 0.6) is 0 Å². The van der Waals surface area contributed by atoms with Crippen molar-refractivity contribution in [2.24, 2.45) is 10.2 Å². The second-order valence-corrected chi connectivity index (χ2v) is 6.23. The van der Waals surface area contributed by atoms with Gasteiger partial charge in [0.05, 0.1) is 11.0 Å². The van der Waals surface area contributed by atoms with Crippen LogP contribution in [-0.4, -0.2) is 22.0 Å². The van der Waals surface area contributed by atoms with Crippen LogP contribution in [0.3, 0.4) is 0 Å². The molecule has 0 saturated carbocycles. The van der Waals surface area contributed by atoms with Gasteiger partial charge in [-0.25, -0.2) is 0 Å². The number of thioether (sulfide) groups is 1. The Balaban J connectivity index is 1.86. The van der Waals surface area contributed by atoms with Gasteiger partial charge in [0.25, 0.3) is 0 Å². The number of benzene rings is 2. The van der Waals surface area contributed by atoms with E-state index in [1.54, 1.807) is 0 Å². The van der Waals surface area contributed by atoms with E-state index in [1.807, 2.05) is 32.0 Å². The molecule has 0 aromatic heterocycles. The van der Waals surface area contributed by atoms with Gasteiger partial charge in [-0.3, -0.25) is 4.79 Å². The highest BCUT2D eigenvalue weighted by atomic mass is 32.2. The van der Waals surface area contributed by atoms with Gasteiger partial charge in [0.1, 0.15) is 0 Å². The summed E-state index contributed by atoms with van der Waals surface area (Å²) < 4.78 is 0. The first-order chi connectivity index (χ1) is 10.1. The average Bonchev–Trinajstić information content (AvgIpc) is 2.83. The molecule has 0 radical (unpaired) electrons. The second kappa shape index (κ2) is 5.69. The van der Waals surface area contributed by atoms with Crippen molar-refractivity contribution in [1.29, 1.82) is 0 Å². The third-order valence-corrected chi connectivity index (χ3v) is 4.32. The Kier molecular flexibility index (Phi) is 3.75. The summed E-state index contributed by atoms with van der Waals surface area (Å²) in [4.78, 5) is 11.4. The molecule has 0 bridgehead atoms. The maximum atomic E-state index is 11.4. The summed E-state index contributed by atoms with van der Waals surface area (Å²) in [6.45, 7) is 3.77. The topological polar surface area (TPSA) is 53.8 Å². The number of nitrogens with zero attached hydrogens (tertiary/aromatic N) is 2. The van der Waals surface area contributed by atoms with E-state index < -0.39 is 0 Å². The number of carbonyl (C=O) groups excluding carboxylic acids is 1. The Morgan fingerprint density at radius 1 is 1.19 bits per heavy atom. The summed E-state index contributed by atoms with van der Waals surface area (Å²) in [6, 6.07) is 14.4. The molecule has 1 unspecified atom stereocenters. The van der Waals surface area contributed by atoms with Gasteiger partial charge in [-0.1, -0.05) is 48.2 Å². The number of rotatable bonds is 2. The van der Waals surface area contributed by atoms with Gasteiger partial charge >= 0.3 is 0 Å². The zero-order chi connectivity index (χ0) is 14.8. The molecule has 1 aliphatic rings. The minimum Gasteiger partial charge on any atom is -0.303 e. The van der Waals surface area contributed by atoms with Crippen molar-refractivity contribution in [2.45, 2.75) is 19.1 Å². The fourth-order valence-corrected chi connectivity index (χ4v) is 2.85. The van der Waals surface area contributed by atoms with E-state index >= 15 is 0 Å². The van der Waals surface area contributed by atoms with E-state index in [-0.39, 0.29) is 11.2 Å². The second-order valence-electron chi connectivity index (χ2n) is 4.90. The van der Waals surface area contributed by atoms with Gasteiger partial charge in [0.2, 0.25) is 5.91 Å². The normalized spacial score (nSPS) is 21.0. The van der Waals surface area contributed by atoms with Crippen LogP contribution in [0.25, 0.3) is 10.8 Å². The standard InChI is InChI=1S/C16H15N3OS/c1-10(18-19-16-17-15(20)11(2)21-16)13-8-7-12-5-3-4-6-14(12)9-13/h3-9,11H,1-2H3,(H,17,19,20)/b18-10-. The number of carbonyl (C=O) groups is 1. The minimum absolute atomic E-state index is 0.0164. The molecule has 2 aromatic carbocycles. The lowest BCUT2D eigenvalue weighted by Crippen LogP contribution is -2.23. The number of hydrogen-bond acceptors (Lipinski definition) is 4. The van der Waals surface area contributed by atoms with E-state index in [9.17, 15) is 4.79 Å². The predicted octanol–water partition coefficient (Wildman–Crippen LogP) is 3.17. The molecule has 1 heterocycles. The van der Waals surface area contributed by atoms with Crippen molar-refractivity contribution in [3.05, 3.63) is 48.0 Å². The monoisotopic (exact) mass is 297 g/mol. The summed E-state index contributed by atoms with van der Waals surface area (Å²) in [6.07, 6.45) is 0. The molecule has 21 heavy (non-hydrogen) atoms. The van der Waals surface area contributed by atoms with Crippen LogP contribution < -0.4 is 5.32 Å². The fraction of sp³-hybridized carbons (Fsp3) is 0.188. The van der Waals surface area contributed by atoms with E-state index in [2.05, 4.69) is 39.8 Å². The van der Waals surface area contributed by atoms with E-state index in [4.69, 9.17) is 0 Å². The molecule has 5 heteroatoms. The summed E-state index contributed by atoms with van der Waals surface area (Å²) in [5.41, 5.74) is 1.85. The van der Waals surface area contributed by atoms with Gasteiger partial charge in [0, 0.05) is 0 Å². The summed E-state index contributed by atoms with van der Waals surface area (Å²) >= 11 is 1.40. The molecule has 3 rings (SSSR count). The van der Waals surface area contributed by atoms with Gasteiger partial charge < -0.3 is 5.32 Å². The van der Waals surface area contributed by atoms with Crippen molar-refractivity contribution in [2.75, 3.05) is 0 Å². The highest BCUT2D eigenvalue weighted by molar-refractivity contribution is 8.15. The SMILES string of the molecule is C/C(=N/N=C1/NC(=O)C(C)S1)c1ccc2ccccc2c1. The molecule has 0 aliphatic carbocycles. The highest BCUT2D eigenvalue weighted by Gasteiger charge is 2.25. The Bertz CT molecular complexity index is 767. The zero-order valence-corrected chi connectivity index (χ0v) is 12.6. The van der Waals surface area contributed by atoms with E-state index in [0.29, 0.717) is 5.17 Å². The third-order valence-electron chi connectivity index (χ3n) is 3.35. The molecule has 1 saturated heterocycles. The Morgan fingerprint density at radius 3 is 2.67 bits per heavy atom. The number of amides is 1. The Morgan fingerprint density at radius 2 is 1.95 bits per heavy atom. The Labute approximate surface area is 127 Å². The molecule has 1 amide bonds. The summed E-state index contributed by atoms with van der Waals surface area (Å²) in [7, 11) is 0. The Hall–Kier alpha value is -2.14. The first kappa shape index (κ1) is 13.8. The predicted molar refractivity (Wildman–Crippen MR) is 88.8 cm³/mol. The molecule has 106 valence electrons. The van der Waals surface area contributed by atoms with Crippen molar-refractivity contribution in [1.82, 2.24) is 5.32 Å². The molecule has 2 aromatic rings. The smallest absolute Gasteiger partial charge is 0.239 e. The van der Waals surface area contributed by atoms with Gasteiger partial charge in [0.15, 0.2) is 5.17 Å². The molecule has 1 fully saturated rings. The lowest BCUT2D eigenvalue weighted by molar-refractivity contribution is -0.118. The van der Waals surface area contributed by atoms with Crippen LogP contribution in [0.4, 0.5) is 0 Å². The molecular weight excluding hydrogens is 282 g/mol. The number of amidine groups is 1. The first-order valence-corrected chi connectivity index (χ1v) is 7.60. The molecule has 1 aliphatic heterocycles. The van der Waals surface area contributed by atoms with Gasteiger partial charge in [-0.2, -0.15) is 5.10 Å². The molecule has 1 atom stereocenters. The largest absolute Gasteiger partial charge is 0.303 e. The average molecular weight is 297 g/mol. The number of nitrogens with one attached hydrogen (secondary N) is 1. The van der Waals surface area contributed by atoms with Crippen LogP contribution in [0.15, 0.2) is 52.7 Å². The first-order valence-electron chi connectivity index (χ1n) is 6.72. The quantitative estimate of drug-likeness (QED) is 0.684. The molecule has 4 nitrogen and oxygen atoms in total. The molecule has 1 N–H and O–H groups in total. The fourth-order valence-electron chi connectivity index (χ4n) is 2.10. The van der Waals surface area contributed by atoms with Gasteiger partial charge in [-0.05, 0) is 36.2 Å². The third kappa shape index (κ3) is 2.97. The number of hydrogen-bond donors (Lipinski definition) is 1. The molecule has 0 spiro atoms. The molecular formula is C16H15N3OS. The maximum Gasteiger partial charge on any atom is 0.239 e. The number of fused-ring (bicyclic) bond motifs is 1. The van der Waals surface area contributed by atoms with Crippen molar-refractivity contribution >= 4 is 39.3 Å². The van der Waals surface area contributed by atoms with E-state index in [0.717, 1.165) is 11.3 Å². The summed E-state index contributed by atoms with van der Waals surface area (Å²) in [5, 5.41) is 13.9. The van der Waals surface area contributed by atoms with Crippen LogP contribution in [0.2, 0.25) is 0 Å². The summed E-state index contributed by atoms with van der Waals surface area (Å²) in [5.74, 6) is -0.0164. The van der Waals surface area contributed by atoms with Crippen molar-refractivity contribution in [3.63, 3.8) is 0 Å².